The summed E-state index contributed by atoms with van der Waals surface area (Å²) in [7, 11) is 0. The van der Waals surface area contributed by atoms with Crippen LogP contribution in [0.5, 0.6) is 0 Å². The predicted molar refractivity (Wildman–Crippen MR) is 69.7 cm³/mol. The van der Waals surface area contributed by atoms with Gasteiger partial charge in [-0.15, -0.1) is 0 Å². The summed E-state index contributed by atoms with van der Waals surface area (Å²) in [5.74, 6) is 0.894. The van der Waals surface area contributed by atoms with Gasteiger partial charge in [0.25, 0.3) is 0 Å². The molecule has 4 unspecified atom stereocenters. The SMILES string of the molecule is CCC(C)NC1CCCCC1C1CCCN1. The molecule has 0 spiro atoms. The average molecular weight is 224 g/mol. The van der Waals surface area contributed by atoms with Crippen LogP contribution in [0.1, 0.15) is 58.8 Å². The number of hydrogen-bond donors (Lipinski definition) is 2. The highest BCUT2D eigenvalue weighted by Gasteiger charge is 2.33. The molecule has 4 atom stereocenters. The second-order valence-electron chi connectivity index (χ2n) is 5.73. The molecule has 0 amide bonds. The third kappa shape index (κ3) is 2.98. The molecular formula is C14H28N2. The lowest BCUT2D eigenvalue weighted by Crippen LogP contribution is -2.49. The number of rotatable bonds is 4. The fourth-order valence-electron chi connectivity index (χ4n) is 3.41. The molecule has 1 aliphatic heterocycles. The third-order valence-electron chi connectivity index (χ3n) is 4.55. The molecular weight excluding hydrogens is 196 g/mol. The van der Waals surface area contributed by atoms with Crippen molar-refractivity contribution in [1.82, 2.24) is 10.6 Å². The summed E-state index contributed by atoms with van der Waals surface area (Å²) in [4.78, 5) is 0. The monoisotopic (exact) mass is 224 g/mol. The van der Waals surface area contributed by atoms with Gasteiger partial charge in [-0.2, -0.15) is 0 Å². The van der Waals surface area contributed by atoms with Crippen LogP contribution in [0.25, 0.3) is 0 Å². The lowest BCUT2D eigenvalue weighted by Gasteiger charge is -2.37. The topological polar surface area (TPSA) is 24.1 Å². The maximum absolute atomic E-state index is 3.86. The van der Waals surface area contributed by atoms with Gasteiger partial charge in [0.05, 0.1) is 0 Å². The van der Waals surface area contributed by atoms with Crippen molar-refractivity contribution in [2.45, 2.75) is 76.9 Å². The van der Waals surface area contributed by atoms with Crippen LogP contribution in [-0.2, 0) is 0 Å². The predicted octanol–water partition coefficient (Wildman–Crippen LogP) is 2.69. The van der Waals surface area contributed by atoms with Crippen molar-refractivity contribution in [2.75, 3.05) is 6.54 Å². The maximum Gasteiger partial charge on any atom is 0.0113 e. The minimum atomic E-state index is 0.687. The zero-order valence-electron chi connectivity index (χ0n) is 11.0. The summed E-state index contributed by atoms with van der Waals surface area (Å²) in [5.41, 5.74) is 0. The first kappa shape index (κ1) is 12.4. The van der Waals surface area contributed by atoms with E-state index in [9.17, 15) is 0 Å². The molecule has 1 saturated heterocycles. The van der Waals surface area contributed by atoms with Gasteiger partial charge in [0.1, 0.15) is 0 Å². The van der Waals surface area contributed by atoms with Gasteiger partial charge < -0.3 is 10.6 Å². The second-order valence-corrected chi connectivity index (χ2v) is 5.73. The molecule has 2 aliphatic rings. The smallest absolute Gasteiger partial charge is 0.0113 e. The fourth-order valence-corrected chi connectivity index (χ4v) is 3.41. The minimum Gasteiger partial charge on any atom is -0.314 e. The Morgan fingerprint density at radius 1 is 1.19 bits per heavy atom. The average Bonchev–Trinajstić information content (AvgIpc) is 2.83. The highest BCUT2D eigenvalue weighted by molar-refractivity contribution is 4.92. The van der Waals surface area contributed by atoms with Crippen molar-refractivity contribution in [2.24, 2.45) is 5.92 Å². The summed E-state index contributed by atoms with van der Waals surface area (Å²) < 4.78 is 0. The van der Waals surface area contributed by atoms with E-state index in [1.807, 2.05) is 0 Å². The molecule has 94 valence electrons. The Morgan fingerprint density at radius 2 is 2.00 bits per heavy atom. The molecule has 0 aromatic rings. The first-order valence-corrected chi connectivity index (χ1v) is 7.30. The van der Waals surface area contributed by atoms with Gasteiger partial charge in [-0.3, -0.25) is 0 Å². The first-order chi connectivity index (χ1) is 7.81. The Hall–Kier alpha value is -0.0800. The standard InChI is InChI=1S/C14H28N2/c1-3-11(2)16-14-8-5-4-7-12(14)13-9-6-10-15-13/h11-16H,3-10H2,1-2H3. The Kier molecular flexibility index (Phi) is 4.66. The van der Waals surface area contributed by atoms with Crippen LogP contribution in [0.4, 0.5) is 0 Å². The van der Waals surface area contributed by atoms with Gasteiger partial charge >= 0.3 is 0 Å². The van der Waals surface area contributed by atoms with Gasteiger partial charge in [0.15, 0.2) is 0 Å². The van der Waals surface area contributed by atoms with Crippen LogP contribution >= 0.6 is 0 Å². The van der Waals surface area contributed by atoms with E-state index in [4.69, 9.17) is 0 Å². The molecule has 1 heterocycles. The molecule has 16 heavy (non-hydrogen) atoms. The molecule has 1 saturated carbocycles. The molecule has 2 N–H and O–H groups in total. The van der Waals surface area contributed by atoms with E-state index < -0.39 is 0 Å². The summed E-state index contributed by atoms with van der Waals surface area (Å²) in [6, 6.07) is 2.27. The van der Waals surface area contributed by atoms with Crippen LogP contribution in [0.3, 0.4) is 0 Å². The molecule has 0 aromatic heterocycles. The van der Waals surface area contributed by atoms with Gasteiger partial charge in [0.2, 0.25) is 0 Å². The highest BCUT2D eigenvalue weighted by Crippen LogP contribution is 2.30. The van der Waals surface area contributed by atoms with E-state index in [-0.39, 0.29) is 0 Å². The van der Waals surface area contributed by atoms with Crippen molar-refractivity contribution in [3.8, 4) is 0 Å². The minimum absolute atomic E-state index is 0.687. The summed E-state index contributed by atoms with van der Waals surface area (Å²) in [6.07, 6.45) is 9.75. The Balaban J connectivity index is 1.90. The van der Waals surface area contributed by atoms with Gasteiger partial charge in [-0.05, 0) is 51.5 Å². The quantitative estimate of drug-likeness (QED) is 0.767. The van der Waals surface area contributed by atoms with E-state index in [1.54, 1.807) is 0 Å². The number of nitrogens with one attached hydrogen (secondary N) is 2. The van der Waals surface area contributed by atoms with Crippen LogP contribution in [-0.4, -0.2) is 24.7 Å². The Morgan fingerprint density at radius 3 is 2.69 bits per heavy atom. The van der Waals surface area contributed by atoms with Gasteiger partial charge in [-0.25, -0.2) is 0 Å². The molecule has 1 aliphatic carbocycles. The van der Waals surface area contributed by atoms with Crippen molar-refractivity contribution >= 4 is 0 Å². The summed E-state index contributed by atoms with van der Waals surface area (Å²) >= 11 is 0. The third-order valence-corrected chi connectivity index (χ3v) is 4.55. The summed E-state index contributed by atoms with van der Waals surface area (Å²) in [5, 5.41) is 7.56. The van der Waals surface area contributed by atoms with Crippen LogP contribution in [0, 0.1) is 5.92 Å². The molecule has 0 aromatic carbocycles. The zero-order valence-corrected chi connectivity index (χ0v) is 11.0. The summed E-state index contributed by atoms with van der Waals surface area (Å²) in [6.45, 7) is 5.86. The molecule has 0 bridgehead atoms. The van der Waals surface area contributed by atoms with Crippen LogP contribution < -0.4 is 10.6 Å². The normalized spacial score (nSPS) is 37.5. The van der Waals surface area contributed by atoms with E-state index in [2.05, 4.69) is 24.5 Å². The lowest BCUT2D eigenvalue weighted by molar-refractivity contribution is 0.202. The van der Waals surface area contributed by atoms with E-state index in [0.717, 1.165) is 18.0 Å². The highest BCUT2D eigenvalue weighted by atomic mass is 15.0. The molecule has 2 rings (SSSR count). The van der Waals surface area contributed by atoms with Crippen molar-refractivity contribution in [1.29, 1.82) is 0 Å². The molecule has 2 nitrogen and oxygen atoms in total. The largest absolute Gasteiger partial charge is 0.314 e. The Bertz CT molecular complexity index is 199. The Labute approximate surface area is 101 Å². The van der Waals surface area contributed by atoms with Gasteiger partial charge in [0, 0.05) is 18.1 Å². The zero-order chi connectivity index (χ0) is 11.4. The van der Waals surface area contributed by atoms with Gasteiger partial charge in [-0.1, -0.05) is 19.8 Å². The second kappa shape index (κ2) is 6.02. The lowest BCUT2D eigenvalue weighted by atomic mass is 9.79. The molecule has 0 radical (unpaired) electrons. The van der Waals surface area contributed by atoms with Crippen molar-refractivity contribution in [3.05, 3.63) is 0 Å². The van der Waals surface area contributed by atoms with Crippen molar-refractivity contribution in [3.63, 3.8) is 0 Å². The first-order valence-electron chi connectivity index (χ1n) is 7.30. The van der Waals surface area contributed by atoms with Crippen LogP contribution in [0.2, 0.25) is 0 Å². The maximum atomic E-state index is 3.86. The van der Waals surface area contributed by atoms with E-state index in [1.165, 1.54) is 51.5 Å². The van der Waals surface area contributed by atoms with Crippen LogP contribution in [0.15, 0.2) is 0 Å². The number of hydrogen-bond acceptors (Lipinski definition) is 2. The molecule has 2 heteroatoms. The van der Waals surface area contributed by atoms with E-state index >= 15 is 0 Å². The molecule has 2 fully saturated rings. The van der Waals surface area contributed by atoms with E-state index in [0.29, 0.717) is 6.04 Å². The van der Waals surface area contributed by atoms with Crippen molar-refractivity contribution < 1.29 is 0 Å². The fraction of sp³-hybridized carbons (Fsp3) is 1.00.